The molecule has 2 aromatic heterocycles. The van der Waals surface area contributed by atoms with E-state index in [4.69, 9.17) is 20.7 Å². The third-order valence-electron chi connectivity index (χ3n) is 5.96. The van der Waals surface area contributed by atoms with Crippen LogP contribution in [0.2, 0.25) is 0 Å². The highest BCUT2D eigenvalue weighted by Crippen LogP contribution is 2.23. The molecule has 0 saturated carbocycles. The summed E-state index contributed by atoms with van der Waals surface area (Å²) >= 11 is 0. The number of rotatable bonds is 12. The van der Waals surface area contributed by atoms with Crippen LogP contribution in [0.4, 0.5) is 16.3 Å². The number of nitrogens with one attached hydrogen (secondary N) is 2. The van der Waals surface area contributed by atoms with Crippen molar-refractivity contribution in [2.24, 2.45) is 0 Å². The molecule has 1 unspecified atom stereocenters. The molecule has 0 aliphatic rings. The van der Waals surface area contributed by atoms with Crippen molar-refractivity contribution in [2.75, 3.05) is 37.8 Å². The van der Waals surface area contributed by atoms with E-state index in [1.165, 1.54) is 25.7 Å². The number of carbonyl (C=O) groups excluding carboxylic acids is 2. The number of hydrogen-bond acceptors (Lipinski definition) is 9. The van der Waals surface area contributed by atoms with Crippen LogP contribution in [0.3, 0.4) is 0 Å². The topological polar surface area (TPSA) is 181 Å². The molecule has 3 amide bonds. The van der Waals surface area contributed by atoms with E-state index < -0.39 is 5.79 Å². The normalized spacial score (nSPS) is 12.3. The van der Waals surface area contributed by atoms with Gasteiger partial charge in [0.25, 0.3) is 0 Å². The first-order chi connectivity index (χ1) is 19.2. The molecule has 0 saturated heterocycles. The van der Waals surface area contributed by atoms with E-state index in [1.807, 2.05) is 28.8 Å². The molecule has 3 aromatic rings. The van der Waals surface area contributed by atoms with Crippen molar-refractivity contribution < 1.29 is 24.5 Å². The number of nitrogen functional groups attached to an aromatic ring is 1. The van der Waals surface area contributed by atoms with Crippen LogP contribution in [0.1, 0.15) is 53.0 Å². The lowest BCUT2D eigenvalue weighted by Gasteiger charge is -2.23. The van der Waals surface area contributed by atoms with Crippen molar-refractivity contribution in [1.29, 1.82) is 0 Å². The molecule has 0 fully saturated rings. The fourth-order valence-corrected chi connectivity index (χ4v) is 3.79. The van der Waals surface area contributed by atoms with E-state index in [0.717, 1.165) is 12.1 Å². The zero-order valence-corrected chi connectivity index (χ0v) is 24.8. The van der Waals surface area contributed by atoms with E-state index in [-0.39, 0.29) is 17.6 Å². The summed E-state index contributed by atoms with van der Waals surface area (Å²) in [4.78, 5) is 37.9. The van der Waals surface area contributed by atoms with E-state index in [9.17, 15) is 9.59 Å². The molecular weight excluding hydrogens is 528 g/mol. The van der Waals surface area contributed by atoms with Gasteiger partial charge in [0.15, 0.2) is 17.3 Å². The molecule has 2 heterocycles. The Morgan fingerprint density at radius 1 is 1.15 bits per heavy atom. The van der Waals surface area contributed by atoms with Gasteiger partial charge in [-0.05, 0) is 49.8 Å². The standard InChI is InChI=1S/C25H36N8O3.C3H8O2/c1-25(2,3)18-6-8-19(9-7-18)31-24(35)27-11-5-12-32(17-34)14-20(36-4)10-13-33-16-30-21-22(26)28-15-29-23(21)33;1-3(2,4)5/h6-9,15-17,20H,5,10-14H2,1-4H3,(H2,26,28,29)(H2,27,31,35);4-5H,1-2H3. The van der Waals surface area contributed by atoms with E-state index in [1.54, 1.807) is 18.3 Å². The molecule has 6 N–H and O–H groups in total. The number of aliphatic hydroxyl groups is 2. The Kier molecular flexibility index (Phi) is 12.4. The molecular formula is C28H44N8O5. The highest BCUT2D eigenvalue weighted by atomic mass is 16.5. The predicted molar refractivity (Wildman–Crippen MR) is 158 cm³/mol. The van der Waals surface area contributed by atoms with Gasteiger partial charge in [0.1, 0.15) is 11.8 Å². The summed E-state index contributed by atoms with van der Waals surface area (Å²) in [6.45, 7) is 11.0. The third kappa shape index (κ3) is 12.1. The SMILES string of the molecule is CC(C)(O)O.COC(CCn1cnc2c(N)ncnc21)CN(C=O)CCCNC(=O)Nc1ccc(C(C)(C)C)cc1. The summed E-state index contributed by atoms with van der Waals surface area (Å²) in [5.41, 5.74) is 9.07. The van der Waals surface area contributed by atoms with Crippen LogP contribution in [0.5, 0.6) is 0 Å². The van der Waals surface area contributed by atoms with Gasteiger partial charge < -0.3 is 40.8 Å². The maximum atomic E-state index is 12.2. The number of imidazole rings is 1. The average molecular weight is 573 g/mol. The van der Waals surface area contributed by atoms with Crippen molar-refractivity contribution in [1.82, 2.24) is 29.7 Å². The highest BCUT2D eigenvalue weighted by molar-refractivity contribution is 5.89. The van der Waals surface area contributed by atoms with Crippen LogP contribution in [0, 0.1) is 0 Å². The second-order valence-corrected chi connectivity index (χ2v) is 11.2. The minimum Gasteiger partial charge on any atom is -0.382 e. The van der Waals surface area contributed by atoms with E-state index in [2.05, 4.69) is 46.4 Å². The number of fused-ring (bicyclic) bond motifs is 1. The first-order valence-electron chi connectivity index (χ1n) is 13.4. The number of nitrogens with zero attached hydrogens (tertiary/aromatic N) is 5. The number of nitrogens with two attached hydrogens (primary N) is 1. The van der Waals surface area contributed by atoms with Gasteiger partial charge in [-0.15, -0.1) is 0 Å². The number of hydrogen-bond donors (Lipinski definition) is 5. The minimum atomic E-state index is -1.50. The van der Waals surface area contributed by atoms with Gasteiger partial charge in [-0.1, -0.05) is 32.9 Å². The zero-order valence-electron chi connectivity index (χ0n) is 24.8. The lowest BCUT2D eigenvalue weighted by atomic mass is 9.87. The maximum absolute atomic E-state index is 12.2. The summed E-state index contributed by atoms with van der Waals surface area (Å²) in [6, 6.07) is 7.55. The number of aryl methyl sites for hydroxylation is 1. The first kappa shape index (κ1) is 33.4. The smallest absolute Gasteiger partial charge is 0.319 e. The minimum absolute atomic E-state index is 0.0599. The second-order valence-electron chi connectivity index (χ2n) is 11.2. The van der Waals surface area contributed by atoms with Gasteiger partial charge in [0.2, 0.25) is 6.41 Å². The fourth-order valence-electron chi connectivity index (χ4n) is 3.79. The summed E-state index contributed by atoms with van der Waals surface area (Å²) in [5, 5.41) is 21.8. The zero-order chi connectivity index (χ0) is 30.6. The lowest BCUT2D eigenvalue weighted by Crippen LogP contribution is -2.36. The second kappa shape index (κ2) is 15.3. The molecule has 0 aliphatic carbocycles. The largest absolute Gasteiger partial charge is 0.382 e. The molecule has 0 spiro atoms. The van der Waals surface area contributed by atoms with Crippen molar-refractivity contribution >= 4 is 35.1 Å². The monoisotopic (exact) mass is 572 g/mol. The molecule has 41 heavy (non-hydrogen) atoms. The van der Waals surface area contributed by atoms with Gasteiger partial charge >= 0.3 is 6.03 Å². The molecule has 13 heteroatoms. The quantitative estimate of drug-likeness (QED) is 0.124. The number of anilines is 2. The molecule has 1 atom stereocenters. The number of aromatic nitrogens is 4. The first-order valence-corrected chi connectivity index (χ1v) is 13.4. The van der Waals surface area contributed by atoms with Crippen LogP contribution < -0.4 is 16.4 Å². The fraction of sp³-hybridized carbons (Fsp3) is 0.536. The van der Waals surface area contributed by atoms with E-state index >= 15 is 0 Å². The highest BCUT2D eigenvalue weighted by Gasteiger charge is 2.15. The van der Waals surface area contributed by atoms with Crippen LogP contribution >= 0.6 is 0 Å². The van der Waals surface area contributed by atoms with Crippen LogP contribution in [0.15, 0.2) is 36.9 Å². The number of amides is 3. The lowest BCUT2D eigenvalue weighted by molar-refractivity contribution is -0.127. The Hall–Kier alpha value is -3.81. The Morgan fingerprint density at radius 3 is 2.39 bits per heavy atom. The van der Waals surface area contributed by atoms with Gasteiger partial charge in [-0.25, -0.2) is 19.7 Å². The summed E-state index contributed by atoms with van der Waals surface area (Å²) in [7, 11) is 1.62. The van der Waals surface area contributed by atoms with Crippen LogP contribution in [0.25, 0.3) is 11.2 Å². The molecule has 1 aromatic carbocycles. The van der Waals surface area contributed by atoms with Gasteiger partial charge in [0, 0.05) is 39.0 Å². The Morgan fingerprint density at radius 2 is 1.80 bits per heavy atom. The molecule has 0 radical (unpaired) electrons. The molecule has 0 aliphatic heterocycles. The number of carbonyl (C=O) groups is 2. The van der Waals surface area contributed by atoms with E-state index in [0.29, 0.717) is 56.0 Å². The van der Waals surface area contributed by atoms with Crippen molar-refractivity contribution in [3.05, 3.63) is 42.5 Å². The van der Waals surface area contributed by atoms with Gasteiger partial charge in [-0.3, -0.25) is 4.79 Å². The maximum Gasteiger partial charge on any atom is 0.319 e. The van der Waals surface area contributed by atoms with Crippen LogP contribution in [-0.2, 0) is 21.5 Å². The Labute approximate surface area is 241 Å². The summed E-state index contributed by atoms with van der Waals surface area (Å²) < 4.78 is 7.48. The number of methoxy groups -OCH3 is 1. The predicted octanol–water partition coefficient (Wildman–Crippen LogP) is 2.49. The molecule has 3 rings (SSSR count). The molecule has 0 bridgehead atoms. The molecule has 226 valence electrons. The Bertz CT molecular complexity index is 1230. The van der Waals surface area contributed by atoms with Crippen molar-refractivity contribution in [3.63, 3.8) is 0 Å². The third-order valence-corrected chi connectivity index (χ3v) is 5.96. The summed E-state index contributed by atoms with van der Waals surface area (Å²) in [5.74, 6) is -1.16. The number of ether oxygens (including phenoxy) is 1. The average Bonchev–Trinajstić information content (AvgIpc) is 3.31. The van der Waals surface area contributed by atoms with Gasteiger partial charge in [-0.2, -0.15) is 0 Å². The van der Waals surface area contributed by atoms with Crippen molar-refractivity contribution in [3.8, 4) is 0 Å². The van der Waals surface area contributed by atoms with Gasteiger partial charge in [0.05, 0.1) is 12.4 Å². The molecule has 13 nitrogen and oxygen atoms in total. The van der Waals surface area contributed by atoms with Crippen LogP contribution in [-0.4, -0.2) is 85.7 Å². The summed E-state index contributed by atoms with van der Waals surface area (Å²) in [6.07, 6.45) is 5.01. The Balaban J connectivity index is 0.00000108. The number of urea groups is 1. The van der Waals surface area contributed by atoms with Crippen molar-refractivity contribution in [2.45, 2.75) is 71.3 Å². The number of benzene rings is 1.